The minimum atomic E-state index is -0.170. The quantitative estimate of drug-likeness (QED) is 0.621. The smallest absolute Gasteiger partial charge is 0.223 e. The second-order valence-corrected chi connectivity index (χ2v) is 4.85. The van der Waals surface area contributed by atoms with Gasteiger partial charge in [0.15, 0.2) is 0 Å². The standard InChI is InChI=1S/C15H25N3O3/c1-4-18(5-2)14(20)6-7-16-9-13-12(10-19)8-17-11(3)15(13)21/h8,16,19,21H,4-7,9-10H2,1-3H3. The summed E-state index contributed by atoms with van der Waals surface area (Å²) in [5, 5.41) is 22.4. The molecular weight excluding hydrogens is 270 g/mol. The van der Waals surface area contributed by atoms with Crippen molar-refractivity contribution in [3.63, 3.8) is 0 Å². The molecule has 118 valence electrons. The Hall–Kier alpha value is -1.66. The summed E-state index contributed by atoms with van der Waals surface area (Å²) < 4.78 is 0. The summed E-state index contributed by atoms with van der Waals surface area (Å²) in [7, 11) is 0. The Morgan fingerprint density at radius 1 is 1.38 bits per heavy atom. The molecule has 0 aliphatic carbocycles. The Morgan fingerprint density at radius 2 is 2.05 bits per heavy atom. The van der Waals surface area contributed by atoms with Crippen molar-refractivity contribution in [2.24, 2.45) is 0 Å². The molecule has 0 saturated carbocycles. The van der Waals surface area contributed by atoms with E-state index >= 15 is 0 Å². The molecule has 0 aliphatic rings. The Labute approximate surface area is 125 Å². The van der Waals surface area contributed by atoms with E-state index in [1.54, 1.807) is 18.0 Å². The number of aryl methyl sites for hydroxylation is 1. The second-order valence-electron chi connectivity index (χ2n) is 4.85. The molecule has 1 amide bonds. The maximum absolute atomic E-state index is 11.8. The average Bonchev–Trinajstić information content (AvgIpc) is 2.49. The van der Waals surface area contributed by atoms with Crippen LogP contribution in [0.15, 0.2) is 6.20 Å². The molecule has 0 fully saturated rings. The number of carbonyl (C=O) groups is 1. The van der Waals surface area contributed by atoms with Gasteiger partial charge in [0.2, 0.25) is 5.91 Å². The van der Waals surface area contributed by atoms with Crippen molar-refractivity contribution >= 4 is 5.91 Å². The maximum atomic E-state index is 11.8. The molecule has 0 atom stereocenters. The van der Waals surface area contributed by atoms with Crippen LogP contribution >= 0.6 is 0 Å². The van der Waals surface area contributed by atoms with Gasteiger partial charge in [-0.3, -0.25) is 9.78 Å². The summed E-state index contributed by atoms with van der Waals surface area (Å²) in [5.74, 6) is 0.217. The molecule has 1 rings (SSSR count). The van der Waals surface area contributed by atoms with Gasteiger partial charge in [-0.05, 0) is 20.8 Å². The molecule has 1 heterocycles. The van der Waals surface area contributed by atoms with Crippen LogP contribution in [0.2, 0.25) is 0 Å². The fraction of sp³-hybridized carbons (Fsp3) is 0.600. The predicted octanol–water partition coefficient (Wildman–Crippen LogP) is 0.936. The zero-order chi connectivity index (χ0) is 15.8. The lowest BCUT2D eigenvalue weighted by molar-refractivity contribution is -0.130. The Morgan fingerprint density at radius 3 is 2.62 bits per heavy atom. The van der Waals surface area contributed by atoms with Gasteiger partial charge in [0.1, 0.15) is 5.75 Å². The van der Waals surface area contributed by atoms with Crippen LogP contribution in [0.1, 0.15) is 37.1 Å². The summed E-state index contributed by atoms with van der Waals surface area (Å²) in [4.78, 5) is 17.6. The first-order chi connectivity index (χ1) is 10.0. The molecule has 0 aromatic carbocycles. The fourth-order valence-corrected chi connectivity index (χ4v) is 2.16. The van der Waals surface area contributed by atoms with Crippen LogP contribution in [-0.4, -0.2) is 45.6 Å². The number of hydrogen-bond donors (Lipinski definition) is 3. The van der Waals surface area contributed by atoms with Gasteiger partial charge in [-0.25, -0.2) is 0 Å². The van der Waals surface area contributed by atoms with Gasteiger partial charge in [-0.15, -0.1) is 0 Å². The number of amides is 1. The monoisotopic (exact) mass is 295 g/mol. The van der Waals surface area contributed by atoms with Crippen LogP contribution in [0.5, 0.6) is 5.75 Å². The summed E-state index contributed by atoms with van der Waals surface area (Å²) >= 11 is 0. The minimum absolute atomic E-state index is 0.101. The first kappa shape index (κ1) is 17.4. The van der Waals surface area contributed by atoms with Crippen molar-refractivity contribution < 1.29 is 15.0 Å². The number of nitrogens with zero attached hydrogens (tertiary/aromatic N) is 2. The highest BCUT2D eigenvalue weighted by atomic mass is 16.3. The first-order valence-corrected chi connectivity index (χ1v) is 7.30. The van der Waals surface area contributed by atoms with E-state index < -0.39 is 0 Å². The van der Waals surface area contributed by atoms with Gasteiger partial charge in [0, 0.05) is 49.9 Å². The number of hydrogen-bond acceptors (Lipinski definition) is 5. The van der Waals surface area contributed by atoms with Gasteiger partial charge in [-0.1, -0.05) is 0 Å². The topological polar surface area (TPSA) is 85.7 Å². The van der Waals surface area contributed by atoms with Crippen molar-refractivity contribution in [1.82, 2.24) is 15.2 Å². The van der Waals surface area contributed by atoms with Gasteiger partial charge >= 0.3 is 0 Å². The van der Waals surface area contributed by atoms with Gasteiger partial charge in [0.05, 0.1) is 12.3 Å². The maximum Gasteiger partial charge on any atom is 0.223 e. The molecule has 0 unspecified atom stereocenters. The predicted molar refractivity (Wildman–Crippen MR) is 80.8 cm³/mol. The zero-order valence-electron chi connectivity index (χ0n) is 13.0. The van der Waals surface area contributed by atoms with Crippen molar-refractivity contribution in [3.05, 3.63) is 23.0 Å². The molecule has 0 saturated heterocycles. The molecule has 0 aliphatic heterocycles. The van der Waals surface area contributed by atoms with Crippen molar-refractivity contribution in [2.45, 2.75) is 40.3 Å². The molecule has 21 heavy (non-hydrogen) atoms. The normalized spacial score (nSPS) is 10.7. The van der Waals surface area contributed by atoms with E-state index in [0.29, 0.717) is 49.4 Å². The molecule has 0 bridgehead atoms. The molecule has 0 radical (unpaired) electrons. The summed E-state index contributed by atoms with van der Waals surface area (Å²) in [5.41, 5.74) is 1.77. The van der Waals surface area contributed by atoms with E-state index in [2.05, 4.69) is 10.3 Å². The van der Waals surface area contributed by atoms with E-state index in [9.17, 15) is 15.0 Å². The first-order valence-electron chi connectivity index (χ1n) is 7.30. The molecule has 0 spiro atoms. The van der Waals surface area contributed by atoms with Crippen LogP contribution in [0.3, 0.4) is 0 Å². The summed E-state index contributed by atoms with van der Waals surface area (Å²) in [6, 6.07) is 0. The number of nitrogens with one attached hydrogen (secondary N) is 1. The SMILES string of the molecule is CCN(CC)C(=O)CCNCc1c(CO)cnc(C)c1O. The van der Waals surface area contributed by atoms with Crippen molar-refractivity contribution in [1.29, 1.82) is 0 Å². The number of aliphatic hydroxyl groups is 1. The third kappa shape index (κ3) is 4.68. The number of pyridine rings is 1. The van der Waals surface area contributed by atoms with E-state index in [1.807, 2.05) is 13.8 Å². The second kappa shape index (κ2) is 8.59. The number of aromatic nitrogens is 1. The highest BCUT2D eigenvalue weighted by molar-refractivity contribution is 5.76. The lowest BCUT2D eigenvalue weighted by Gasteiger charge is -2.18. The average molecular weight is 295 g/mol. The lowest BCUT2D eigenvalue weighted by Crippen LogP contribution is -2.32. The van der Waals surface area contributed by atoms with E-state index in [4.69, 9.17) is 0 Å². The van der Waals surface area contributed by atoms with Crippen molar-refractivity contribution in [2.75, 3.05) is 19.6 Å². The number of rotatable bonds is 8. The molecule has 1 aromatic rings. The zero-order valence-corrected chi connectivity index (χ0v) is 13.0. The molecular formula is C15H25N3O3. The third-order valence-corrected chi connectivity index (χ3v) is 3.53. The molecule has 1 aromatic heterocycles. The third-order valence-electron chi connectivity index (χ3n) is 3.53. The molecule has 3 N–H and O–H groups in total. The van der Waals surface area contributed by atoms with Crippen LogP contribution in [-0.2, 0) is 17.9 Å². The molecule has 6 nitrogen and oxygen atoms in total. The van der Waals surface area contributed by atoms with E-state index in [-0.39, 0.29) is 18.3 Å². The van der Waals surface area contributed by atoms with E-state index in [0.717, 1.165) is 0 Å². The van der Waals surface area contributed by atoms with Gasteiger partial charge in [-0.2, -0.15) is 0 Å². The lowest BCUT2D eigenvalue weighted by atomic mass is 10.1. The summed E-state index contributed by atoms with van der Waals surface area (Å²) in [6.45, 7) is 7.82. The van der Waals surface area contributed by atoms with Crippen molar-refractivity contribution in [3.8, 4) is 5.75 Å². The number of aromatic hydroxyl groups is 1. The van der Waals surface area contributed by atoms with Crippen LogP contribution < -0.4 is 5.32 Å². The molecule has 6 heteroatoms. The Bertz CT molecular complexity index is 473. The summed E-state index contributed by atoms with van der Waals surface area (Å²) in [6.07, 6.45) is 1.98. The Balaban J connectivity index is 2.53. The fourth-order valence-electron chi connectivity index (χ4n) is 2.16. The van der Waals surface area contributed by atoms with Crippen LogP contribution in [0, 0.1) is 6.92 Å². The van der Waals surface area contributed by atoms with Crippen LogP contribution in [0.4, 0.5) is 0 Å². The number of carbonyl (C=O) groups excluding carboxylic acids is 1. The van der Waals surface area contributed by atoms with Gasteiger partial charge in [0.25, 0.3) is 0 Å². The van der Waals surface area contributed by atoms with Crippen LogP contribution in [0.25, 0.3) is 0 Å². The van der Waals surface area contributed by atoms with Gasteiger partial charge < -0.3 is 20.4 Å². The highest BCUT2D eigenvalue weighted by Crippen LogP contribution is 2.23. The minimum Gasteiger partial charge on any atom is -0.506 e. The number of aliphatic hydroxyl groups excluding tert-OH is 1. The highest BCUT2D eigenvalue weighted by Gasteiger charge is 2.12. The van der Waals surface area contributed by atoms with E-state index in [1.165, 1.54) is 0 Å². The largest absolute Gasteiger partial charge is 0.506 e. The Kier molecular flexibility index (Phi) is 7.11.